The number of nitrogens with zero attached hydrogens (tertiary/aromatic N) is 2. The molecule has 2 rings (SSSR count). The first-order chi connectivity index (χ1) is 7.18. The fourth-order valence-corrected chi connectivity index (χ4v) is 1.41. The maximum atomic E-state index is 11.0. The summed E-state index contributed by atoms with van der Waals surface area (Å²) in [5.74, 6) is 0. The highest BCUT2D eigenvalue weighted by Crippen LogP contribution is 2.12. The van der Waals surface area contributed by atoms with Crippen LogP contribution in [-0.4, -0.2) is 9.55 Å². The standard InChI is InChI=1S/C11H11N3O/c1-8-4-2-3-5-10(8)14-6-9(12)11(15)13-7-14/h2-7H,12H2,1H3. The molecule has 15 heavy (non-hydrogen) atoms. The highest BCUT2D eigenvalue weighted by atomic mass is 16.1. The number of para-hydroxylation sites is 1. The lowest BCUT2D eigenvalue weighted by atomic mass is 10.2. The van der Waals surface area contributed by atoms with Crippen LogP contribution in [-0.2, 0) is 0 Å². The Labute approximate surface area is 87.0 Å². The molecule has 0 amide bonds. The van der Waals surface area contributed by atoms with Crippen LogP contribution >= 0.6 is 0 Å². The molecule has 0 saturated heterocycles. The molecule has 0 atom stereocenters. The van der Waals surface area contributed by atoms with Crippen molar-refractivity contribution in [2.24, 2.45) is 0 Å². The topological polar surface area (TPSA) is 60.9 Å². The molecule has 0 bridgehead atoms. The molecule has 0 aliphatic rings. The Hall–Kier alpha value is -2.10. The van der Waals surface area contributed by atoms with Gasteiger partial charge in [-0.3, -0.25) is 4.79 Å². The Bertz CT molecular complexity index is 546. The second-order valence-corrected chi connectivity index (χ2v) is 3.33. The van der Waals surface area contributed by atoms with E-state index >= 15 is 0 Å². The Morgan fingerprint density at radius 2 is 2.07 bits per heavy atom. The van der Waals surface area contributed by atoms with Gasteiger partial charge in [-0.05, 0) is 18.6 Å². The number of nitrogen functional groups attached to an aromatic ring is 1. The van der Waals surface area contributed by atoms with Crippen molar-refractivity contribution in [2.45, 2.75) is 6.92 Å². The summed E-state index contributed by atoms with van der Waals surface area (Å²) in [7, 11) is 0. The lowest BCUT2D eigenvalue weighted by molar-refractivity contribution is 0.958. The SMILES string of the molecule is Cc1ccccc1-n1cnc(=O)c(N)c1. The number of aromatic nitrogens is 2. The van der Waals surface area contributed by atoms with Crippen molar-refractivity contribution < 1.29 is 0 Å². The van der Waals surface area contributed by atoms with E-state index in [1.807, 2.05) is 31.2 Å². The Balaban J connectivity index is 2.60. The molecule has 1 heterocycles. The Morgan fingerprint density at radius 3 is 2.73 bits per heavy atom. The predicted octanol–water partition coefficient (Wildman–Crippen LogP) is 1.12. The third-order valence-corrected chi connectivity index (χ3v) is 2.22. The molecule has 0 radical (unpaired) electrons. The summed E-state index contributed by atoms with van der Waals surface area (Å²) in [6.07, 6.45) is 3.05. The zero-order valence-electron chi connectivity index (χ0n) is 8.34. The fourth-order valence-electron chi connectivity index (χ4n) is 1.41. The summed E-state index contributed by atoms with van der Waals surface area (Å²) < 4.78 is 1.74. The van der Waals surface area contributed by atoms with Crippen molar-refractivity contribution in [1.29, 1.82) is 0 Å². The molecular formula is C11H11N3O. The van der Waals surface area contributed by atoms with Crippen molar-refractivity contribution in [3.8, 4) is 5.69 Å². The lowest BCUT2D eigenvalue weighted by Crippen LogP contribution is -2.14. The first-order valence-electron chi connectivity index (χ1n) is 4.58. The van der Waals surface area contributed by atoms with Gasteiger partial charge in [0.1, 0.15) is 12.0 Å². The van der Waals surface area contributed by atoms with Crippen LogP contribution in [0.15, 0.2) is 41.6 Å². The minimum absolute atomic E-state index is 0.153. The van der Waals surface area contributed by atoms with Crippen LogP contribution in [0.1, 0.15) is 5.56 Å². The van der Waals surface area contributed by atoms with E-state index in [9.17, 15) is 4.79 Å². The molecule has 4 nitrogen and oxygen atoms in total. The van der Waals surface area contributed by atoms with Crippen molar-refractivity contribution in [3.05, 3.63) is 52.7 Å². The zero-order valence-corrected chi connectivity index (χ0v) is 8.34. The molecule has 0 saturated carbocycles. The molecule has 2 N–H and O–H groups in total. The normalized spacial score (nSPS) is 10.2. The molecule has 0 aliphatic carbocycles. The Morgan fingerprint density at radius 1 is 1.33 bits per heavy atom. The van der Waals surface area contributed by atoms with Gasteiger partial charge in [0.15, 0.2) is 0 Å². The molecule has 76 valence electrons. The highest BCUT2D eigenvalue weighted by molar-refractivity contribution is 5.42. The van der Waals surface area contributed by atoms with E-state index in [0.29, 0.717) is 0 Å². The maximum Gasteiger partial charge on any atom is 0.295 e. The number of hydrogen-bond acceptors (Lipinski definition) is 3. The number of hydrogen-bond donors (Lipinski definition) is 1. The Kier molecular flexibility index (Phi) is 2.25. The summed E-state index contributed by atoms with van der Waals surface area (Å²) in [5.41, 5.74) is 7.35. The minimum Gasteiger partial charge on any atom is -0.393 e. The monoisotopic (exact) mass is 201 g/mol. The van der Waals surface area contributed by atoms with Gasteiger partial charge in [0.25, 0.3) is 5.56 Å². The van der Waals surface area contributed by atoms with Gasteiger partial charge in [-0.2, -0.15) is 4.98 Å². The van der Waals surface area contributed by atoms with Crippen LogP contribution in [0.2, 0.25) is 0 Å². The summed E-state index contributed by atoms with van der Waals surface area (Å²) >= 11 is 0. The van der Waals surface area contributed by atoms with Crippen LogP contribution < -0.4 is 11.3 Å². The van der Waals surface area contributed by atoms with E-state index in [4.69, 9.17) is 5.73 Å². The van der Waals surface area contributed by atoms with Crippen LogP contribution in [0.25, 0.3) is 5.69 Å². The van der Waals surface area contributed by atoms with Crippen LogP contribution in [0.3, 0.4) is 0 Å². The predicted molar refractivity (Wildman–Crippen MR) is 59.0 cm³/mol. The lowest BCUT2D eigenvalue weighted by Gasteiger charge is -2.08. The third kappa shape index (κ3) is 1.74. The van der Waals surface area contributed by atoms with Gasteiger partial charge in [-0.1, -0.05) is 18.2 Å². The number of benzene rings is 1. The van der Waals surface area contributed by atoms with Crippen molar-refractivity contribution in [1.82, 2.24) is 9.55 Å². The van der Waals surface area contributed by atoms with E-state index in [2.05, 4.69) is 4.98 Å². The van der Waals surface area contributed by atoms with Crippen molar-refractivity contribution >= 4 is 5.69 Å². The zero-order chi connectivity index (χ0) is 10.8. The smallest absolute Gasteiger partial charge is 0.295 e. The van der Waals surface area contributed by atoms with Crippen LogP contribution in [0.5, 0.6) is 0 Å². The van der Waals surface area contributed by atoms with Crippen LogP contribution in [0, 0.1) is 6.92 Å². The summed E-state index contributed by atoms with van der Waals surface area (Å²) in [5, 5.41) is 0. The maximum absolute atomic E-state index is 11.0. The van der Waals surface area contributed by atoms with Gasteiger partial charge < -0.3 is 10.3 Å². The third-order valence-electron chi connectivity index (χ3n) is 2.22. The minimum atomic E-state index is -0.389. The highest BCUT2D eigenvalue weighted by Gasteiger charge is 2.00. The quantitative estimate of drug-likeness (QED) is 0.752. The summed E-state index contributed by atoms with van der Waals surface area (Å²) in [6.45, 7) is 1.99. The molecule has 1 aromatic carbocycles. The van der Waals surface area contributed by atoms with Gasteiger partial charge in [0.2, 0.25) is 0 Å². The van der Waals surface area contributed by atoms with Gasteiger partial charge in [0, 0.05) is 11.9 Å². The van der Waals surface area contributed by atoms with E-state index < -0.39 is 0 Å². The van der Waals surface area contributed by atoms with Crippen LogP contribution in [0.4, 0.5) is 5.69 Å². The molecular weight excluding hydrogens is 190 g/mol. The van der Waals surface area contributed by atoms with E-state index in [-0.39, 0.29) is 11.2 Å². The number of rotatable bonds is 1. The molecule has 1 aromatic heterocycles. The molecule has 2 aromatic rings. The first kappa shape index (κ1) is 9.45. The molecule has 4 heteroatoms. The van der Waals surface area contributed by atoms with Gasteiger partial charge in [-0.25, -0.2) is 0 Å². The molecule has 0 fully saturated rings. The van der Waals surface area contributed by atoms with Gasteiger partial charge >= 0.3 is 0 Å². The molecule has 0 unspecified atom stereocenters. The van der Waals surface area contributed by atoms with Crippen molar-refractivity contribution in [3.63, 3.8) is 0 Å². The summed E-state index contributed by atoms with van der Waals surface area (Å²) in [4.78, 5) is 14.7. The second kappa shape index (κ2) is 3.57. The van der Waals surface area contributed by atoms with Gasteiger partial charge in [0.05, 0.1) is 0 Å². The number of anilines is 1. The van der Waals surface area contributed by atoms with Gasteiger partial charge in [-0.15, -0.1) is 0 Å². The number of aryl methyl sites for hydroxylation is 1. The first-order valence-corrected chi connectivity index (χ1v) is 4.58. The molecule has 0 spiro atoms. The average molecular weight is 201 g/mol. The number of nitrogens with two attached hydrogens (primary N) is 1. The second-order valence-electron chi connectivity index (χ2n) is 3.33. The fraction of sp³-hybridized carbons (Fsp3) is 0.0909. The summed E-state index contributed by atoms with van der Waals surface area (Å²) in [6, 6.07) is 7.82. The van der Waals surface area contributed by atoms with Crippen molar-refractivity contribution in [2.75, 3.05) is 5.73 Å². The van der Waals surface area contributed by atoms with E-state index in [1.165, 1.54) is 6.33 Å². The molecule has 0 aliphatic heterocycles. The van der Waals surface area contributed by atoms with E-state index in [1.54, 1.807) is 10.8 Å². The van der Waals surface area contributed by atoms with E-state index in [0.717, 1.165) is 11.3 Å². The largest absolute Gasteiger partial charge is 0.393 e. The average Bonchev–Trinajstić information content (AvgIpc) is 2.23.